The summed E-state index contributed by atoms with van der Waals surface area (Å²) in [6.07, 6.45) is 1.68. The topological polar surface area (TPSA) is 264 Å². The number of carbonyl (C=O) groups excluding carboxylic acids is 4. The molecule has 256 valence electrons. The molecule has 6 heterocycles. The molecule has 0 saturated carbocycles. The SMILES string of the molecule is Br.Cc1oc(=O)oc1COC(=O)N1CC[C@@H](N2CC/C(=C\C3=C(C(=O)O)N4C(=O)[C@@H](NC(=O)/C(=N\O)c5nsc(N)n5)[C@H]4SC3)C2=O)C1. The number of carbonyl (C=O) groups is 5. The molecule has 4 amide bonds. The van der Waals surface area contributed by atoms with Gasteiger partial charge in [-0.05, 0) is 31.4 Å². The van der Waals surface area contributed by atoms with Gasteiger partial charge in [-0.2, -0.15) is 9.36 Å². The lowest BCUT2D eigenvalue weighted by atomic mass is 10.0. The molecule has 3 saturated heterocycles. The molecule has 4 aliphatic heterocycles. The number of anilines is 1. The van der Waals surface area contributed by atoms with Crippen LogP contribution in [0.15, 0.2) is 41.7 Å². The molecule has 0 aromatic carbocycles. The van der Waals surface area contributed by atoms with Gasteiger partial charge in [0, 0.05) is 42.5 Å². The highest BCUT2D eigenvalue weighted by Gasteiger charge is 2.54. The number of nitrogens with two attached hydrogens (primary N) is 1. The first kappa shape index (κ1) is 34.6. The lowest BCUT2D eigenvalue weighted by Gasteiger charge is -2.49. The Morgan fingerprint density at radius 2 is 2.00 bits per heavy atom. The number of nitrogens with zero attached hydrogens (tertiary/aromatic N) is 6. The van der Waals surface area contributed by atoms with Gasteiger partial charge in [0.05, 0.1) is 6.04 Å². The van der Waals surface area contributed by atoms with Gasteiger partial charge in [-0.25, -0.2) is 14.4 Å². The van der Waals surface area contributed by atoms with E-state index >= 15 is 0 Å². The second-order valence-electron chi connectivity index (χ2n) is 10.7. The fraction of sp³-hybridized carbons (Fsp3) is 0.423. The van der Waals surface area contributed by atoms with Crippen molar-refractivity contribution in [2.24, 2.45) is 5.16 Å². The van der Waals surface area contributed by atoms with Crippen molar-refractivity contribution in [3.8, 4) is 0 Å². The van der Waals surface area contributed by atoms with Gasteiger partial charge in [-0.3, -0.25) is 19.3 Å². The Morgan fingerprint density at radius 3 is 2.65 bits per heavy atom. The van der Waals surface area contributed by atoms with Crippen molar-refractivity contribution in [3.05, 3.63) is 50.9 Å². The zero-order valence-corrected chi connectivity index (χ0v) is 28.2. The molecule has 5 N–H and O–H groups in total. The molecule has 2 aromatic heterocycles. The predicted molar refractivity (Wildman–Crippen MR) is 169 cm³/mol. The molecular weight excluding hydrogens is 744 g/mol. The van der Waals surface area contributed by atoms with Crippen LogP contribution in [-0.4, -0.2) is 113 Å². The van der Waals surface area contributed by atoms with Crippen molar-refractivity contribution in [2.75, 3.05) is 31.1 Å². The monoisotopic (exact) mass is 770 g/mol. The highest BCUT2D eigenvalue weighted by molar-refractivity contribution is 8.93. The lowest BCUT2D eigenvalue weighted by molar-refractivity contribution is -0.150. The number of hydrogen-bond donors (Lipinski definition) is 4. The average molecular weight is 772 g/mol. The number of β-lactam (4-membered cyclic amide) rings is 1. The molecule has 3 atom stereocenters. The molecule has 0 unspecified atom stereocenters. The number of halogens is 1. The molecule has 48 heavy (non-hydrogen) atoms. The number of likely N-dealkylation sites (tertiary alicyclic amines) is 2. The van der Waals surface area contributed by atoms with Gasteiger partial charge >= 0.3 is 17.9 Å². The first-order valence-corrected chi connectivity index (χ1v) is 15.8. The largest absolute Gasteiger partial charge is 0.519 e. The summed E-state index contributed by atoms with van der Waals surface area (Å²) in [5, 5.41) is 24.0. The lowest BCUT2D eigenvalue weighted by Crippen LogP contribution is -2.71. The summed E-state index contributed by atoms with van der Waals surface area (Å²) in [7, 11) is 0. The van der Waals surface area contributed by atoms with Crippen LogP contribution in [0.4, 0.5) is 9.93 Å². The van der Waals surface area contributed by atoms with Crippen LogP contribution in [0.2, 0.25) is 0 Å². The Hall–Kier alpha value is -4.70. The van der Waals surface area contributed by atoms with E-state index in [0.717, 1.165) is 16.4 Å². The summed E-state index contributed by atoms with van der Waals surface area (Å²) in [6, 6.07) is -1.41. The zero-order chi connectivity index (χ0) is 33.6. The van der Waals surface area contributed by atoms with Crippen LogP contribution in [-0.2, 0) is 30.5 Å². The van der Waals surface area contributed by atoms with Gasteiger partial charge in [0.1, 0.15) is 17.1 Å². The molecule has 22 heteroatoms. The van der Waals surface area contributed by atoms with E-state index in [1.165, 1.54) is 29.7 Å². The van der Waals surface area contributed by atoms with Crippen molar-refractivity contribution in [2.45, 2.75) is 43.8 Å². The van der Waals surface area contributed by atoms with Crippen LogP contribution in [0.1, 0.15) is 30.2 Å². The number of carboxylic acids is 1. The average Bonchev–Trinajstić information content (AvgIpc) is 3.83. The molecule has 0 aliphatic carbocycles. The Kier molecular flexibility index (Phi) is 9.96. The minimum atomic E-state index is -1.38. The molecular formula is C26H27BrN8O11S2. The number of rotatable bonds is 8. The molecule has 19 nitrogen and oxygen atoms in total. The number of aliphatic carboxylic acids is 1. The summed E-state index contributed by atoms with van der Waals surface area (Å²) in [4.78, 5) is 83.2. The second kappa shape index (κ2) is 13.8. The maximum absolute atomic E-state index is 13.4. The summed E-state index contributed by atoms with van der Waals surface area (Å²) in [5.74, 6) is -4.02. The van der Waals surface area contributed by atoms with E-state index in [4.69, 9.17) is 19.3 Å². The number of fused-ring (bicyclic) bond motifs is 1. The standard InChI is InChI=1S/C26H26N8O11S2.BrH/c1-10-14(45-26(41)44-10)8-43-25(40)32-4-3-13(7-32)33-5-2-11(20(33)36)6-12-9-46-22-16(21(37)34(22)17(12)23(38)39)28-19(35)15(30-42)18-29-24(27)47-31-18;/h6,13,16,22,42H,2-5,7-9H2,1H3,(H,28,35)(H,38,39)(H2,27,29,31);1H/b11-6+,30-15-;/t13-,16-,22-;/m1./s1. The number of amides is 4. The Balaban J connectivity index is 0.00000451. The van der Waals surface area contributed by atoms with Crippen LogP contribution in [0.5, 0.6) is 0 Å². The number of oxime groups is 1. The summed E-state index contributed by atoms with van der Waals surface area (Å²) in [5.41, 5.74) is 5.29. The second-order valence-corrected chi connectivity index (χ2v) is 12.6. The summed E-state index contributed by atoms with van der Waals surface area (Å²) < 4.78 is 18.6. The van der Waals surface area contributed by atoms with Gasteiger partial charge in [-0.1, -0.05) is 5.16 Å². The van der Waals surface area contributed by atoms with Crippen molar-refractivity contribution in [3.63, 3.8) is 0 Å². The highest BCUT2D eigenvalue weighted by atomic mass is 79.9. The number of ether oxygens (including phenoxy) is 1. The first-order chi connectivity index (χ1) is 22.5. The Labute approximate surface area is 288 Å². The van der Waals surface area contributed by atoms with E-state index in [1.54, 1.807) is 4.90 Å². The van der Waals surface area contributed by atoms with Crippen molar-refractivity contribution < 1.29 is 47.9 Å². The van der Waals surface area contributed by atoms with Gasteiger partial charge in [0.15, 0.2) is 23.3 Å². The minimum Gasteiger partial charge on any atom is -0.477 e. The van der Waals surface area contributed by atoms with Crippen LogP contribution >= 0.6 is 40.3 Å². The fourth-order valence-electron chi connectivity index (χ4n) is 5.70. The van der Waals surface area contributed by atoms with Gasteiger partial charge in [0.25, 0.3) is 11.8 Å². The minimum absolute atomic E-state index is 0. The van der Waals surface area contributed by atoms with Gasteiger partial charge in [0.2, 0.25) is 17.4 Å². The normalized spacial score (nSPS) is 23.3. The highest BCUT2D eigenvalue weighted by Crippen LogP contribution is 2.41. The molecule has 2 aromatic rings. The number of carboxylic acid groups (broad SMARTS) is 1. The molecule has 6 rings (SSSR count). The molecule has 3 fully saturated rings. The fourth-order valence-corrected chi connectivity index (χ4v) is 7.44. The van der Waals surface area contributed by atoms with Crippen LogP contribution in [0.3, 0.4) is 0 Å². The maximum Gasteiger partial charge on any atom is 0.519 e. The quantitative estimate of drug-likeness (QED) is 0.0908. The van der Waals surface area contributed by atoms with Crippen molar-refractivity contribution in [1.29, 1.82) is 0 Å². The number of hydrogen-bond acceptors (Lipinski definition) is 16. The van der Waals surface area contributed by atoms with E-state index in [0.29, 0.717) is 31.5 Å². The Bertz CT molecular complexity index is 1830. The number of aromatic nitrogens is 2. The number of nitrogens with one attached hydrogen (secondary N) is 1. The van der Waals surface area contributed by atoms with Crippen LogP contribution in [0, 0.1) is 6.92 Å². The van der Waals surface area contributed by atoms with Gasteiger partial charge < -0.3 is 44.7 Å². The van der Waals surface area contributed by atoms with Crippen molar-refractivity contribution >= 4 is 80.9 Å². The molecule has 0 spiro atoms. The molecule has 0 radical (unpaired) electrons. The van der Waals surface area contributed by atoms with E-state index in [2.05, 4.69) is 19.8 Å². The van der Waals surface area contributed by atoms with E-state index < -0.39 is 46.8 Å². The van der Waals surface area contributed by atoms with E-state index in [9.17, 15) is 39.1 Å². The van der Waals surface area contributed by atoms with Crippen molar-refractivity contribution in [1.82, 2.24) is 29.4 Å². The summed E-state index contributed by atoms with van der Waals surface area (Å²) >= 11 is 1.97. The van der Waals surface area contributed by atoms with Gasteiger partial charge in [-0.15, -0.1) is 28.7 Å². The Morgan fingerprint density at radius 1 is 1.23 bits per heavy atom. The molecule has 4 aliphatic rings. The van der Waals surface area contributed by atoms with Crippen LogP contribution in [0.25, 0.3) is 0 Å². The third-order valence-electron chi connectivity index (χ3n) is 7.99. The number of aryl methyl sites for hydroxylation is 1. The first-order valence-electron chi connectivity index (χ1n) is 14.0. The number of thioether (sulfide) groups is 1. The van der Waals surface area contributed by atoms with Crippen LogP contribution < -0.4 is 16.9 Å². The smallest absolute Gasteiger partial charge is 0.477 e. The predicted octanol–water partition coefficient (Wildman–Crippen LogP) is 0.0395. The third kappa shape index (κ3) is 6.41. The molecule has 0 bridgehead atoms. The number of nitrogen functional groups attached to an aromatic ring is 1. The third-order valence-corrected chi connectivity index (χ3v) is 9.83. The zero-order valence-electron chi connectivity index (χ0n) is 24.8. The number of allylic oxidation sites excluding steroid dienone is 1. The van der Waals surface area contributed by atoms with E-state index in [1.807, 2.05) is 0 Å². The maximum atomic E-state index is 13.4. The summed E-state index contributed by atoms with van der Waals surface area (Å²) in [6.45, 7) is 2.14. The van der Waals surface area contributed by atoms with E-state index in [-0.39, 0.29) is 81.6 Å².